The Bertz CT molecular complexity index is 476. The zero-order valence-corrected chi connectivity index (χ0v) is 12.0. The van der Waals surface area contributed by atoms with Crippen molar-refractivity contribution in [1.29, 1.82) is 0 Å². The minimum absolute atomic E-state index is 0.00278. The van der Waals surface area contributed by atoms with E-state index in [1.807, 2.05) is 18.2 Å². The Labute approximate surface area is 119 Å². The SMILES string of the molecule is CCC1OC(CC)N2C(c3ccccc3)COC(=O)[C@H]12. The van der Waals surface area contributed by atoms with Crippen LogP contribution in [-0.2, 0) is 14.3 Å². The van der Waals surface area contributed by atoms with Crippen LogP contribution in [0.4, 0.5) is 0 Å². The van der Waals surface area contributed by atoms with Gasteiger partial charge in [0.05, 0.1) is 12.1 Å². The van der Waals surface area contributed by atoms with Gasteiger partial charge in [-0.15, -0.1) is 0 Å². The van der Waals surface area contributed by atoms with Gasteiger partial charge in [-0.1, -0.05) is 44.2 Å². The number of rotatable bonds is 3. The van der Waals surface area contributed by atoms with E-state index in [1.54, 1.807) is 0 Å². The maximum Gasteiger partial charge on any atom is 0.326 e. The molecule has 0 bridgehead atoms. The molecule has 2 aliphatic rings. The lowest BCUT2D eigenvalue weighted by Crippen LogP contribution is -2.52. The van der Waals surface area contributed by atoms with Gasteiger partial charge in [-0.2, -0.15) is 0 Å². The Morgan fingerprint density at radius 1 is 1.20 bits per heavy atom. The molecule has 2 fully saturated rings. The van der Waals surface area contributed by atoms with E-state index in [9.17, 15) is 4.79 Å². The van der Waals surface area contributed by atoms with Crippen LogP contribution in [0, 0.1) is 0 Å². The highest BCUT2D eigenvalue weighted by molar-refractivity contribution is 5.78. The molecule has 1 aromatic rings. The average molecular weight is 275 g/mol. The molecule has 0 spiro atoms. The number of hydrogen-bond acceptors (Lipinski definition) is 4. The topological polar surface area (TPSA) is 38.8 Å². The summed E-state index contributed by atoms with van der Waals surface area (Å²) in [5.41, 5.74) is 1.18. The molecule has 0 aliphatic carbocycles. The fraction of sp³-hybridized carbons (Fsp3) is 0.562. The van der Waals surface area contributed by atoms with Crippen molar-refractivity contribution < 1.29 is 14.3 Å². The summed E-state index contributed by atoms with van der Waals surface area (Å²) < 4.78 is 11.5. The summed E-state index contributed by atoms with van der Waals surface area (Å²) in [5.74, 6) is -0.139. The normalized spacial score (nSPS) is 33.8. The number of esters is 1. The minimum Gasteiger partial charge on any atom is -0.462 e. The number of nitrogens with zero attached hydrogens (tertiary/aromatic N) is 1. The predicted molar refractivity (Wildman–Crippen MR) is 75.0 cm³/mol. The fourth-order valence-corrected chi connectivity index (χ4v) is 3.29. The molecular formula is C16H21NO3. The van der Waals surface area contributed by atoms with Crippen LogP contribution in [0.5, 0.6) is 0 Å². The molecule has 108 valence electrons. The third kappa shape index (κ3) is 2.13. The van der Waals surface area contributed by atoms with E-state index in [1.165, 1.54) is 5.56 Å². The van der Waals surface area contributed by atoms with Crippen LogP contribution in [0.25, 0.3) is 0 Å². The van der Waals surface area contributed by atoms with Gasteiger partial charge in [-0.05, 0) is 18.4 Å². The second-order valence-electron chi connectivity index (χ2n) is 5.39. The molecule has 2 heterocycles. The molecular weight excluding hydrogens is 254 g/mol. The maximum atomic E-state index is 12.1. The number of benzene rings is 1. The first-order valence-corrected chi connectivity index (χ1v) is 7.40. The number of hydrogen-bond donors (Lipinski definition) is 0. The highest BCUT2D eigenvalue weighted by Crippen LogP contribution is 2.39. The standard InChI is InChI=1S/C16H21NO3/c1-3-13-15-16(18)19-10-12(11-8-6-5-7-9-11)17(15)14(4-2)20-13/h5-9,12-15H,3-4,10H2,1-2H3/t12?,13?,14?,15-/m0/s1. The van der Waals surface area contributed by atoms with E-state index in [0.29, 0.717) is 6.61 Å². The van der Waals surface area contributed by atoms with Gasteiger partial charge < -0.3 is 9.47 Å². The van der Waals surface area contributed by atoms with E-state index >= 15 is 0 Å². The highest BCUT2D eigenvalue weighted by atomic mass is 16.6. The molecule has 3 rings (SSSR count). The van der Waals surface area contributed by atoms with Crippen LogP contribution in [0.3, 0.4) is 0 Å². The van der Waals surface area contributed by atoms with E-state index in [2.05, 4.69) is 30.9 Å². The lowest BCUT2D eigenvalue weighted by atomic mass is 9.99. The van der Waals surface area contributed by atoms with E-state index in [4.69, 9.17) is 9.47 Å². The zero-order valence-electron chi connectivity index (χ0n) is 12.0. The summed E-state index contributed by atoms with van der Waals surface area (Å²) in [6, 6.07) is 10.1. The first-order chi connectivity index (χ1) is 9.76. The summed E-state index contributed by atoms with van der Waals surface area (Å²) in [6.45, 7) is 4.57. The van der Waals surface area contributed by atoms with Crippen molar-refractivity contribution in [2.75, 3.05) is 6.61 Å². The van der Waals surface area contributed by atoms with Gasteiger partial charge in [0.2, 0.25) is 0 Å². The van der Waals surface area contributed by atoms with Crippen LogP contribution >= 0.6 is 0 Å². The third-order valence-corrected chi connectivity index (χ3v) is 4.26. The molecule has 20 heavy (non-hydrogen) atoms. The lowest BCUT2D eigenvalue weighted by Gasteiger charge is -2.38. The molecule has 4 heteroatoms. The van der Waals surface area contributed by atoms with Gasteiger partial charge >= 0.3 is 5.97 Å². The molecule has 4 atom stereocenters. The number of cyclic esters (lactones) is 1. The monoisotopic (exact) mass is 275 g/mol. The van der Waals surface area contributed by atoms with Crippen molar-refractivity contribution in [3.63, 3.8) is 0 Å². The number of carbonyl (C=O) groups excluding carboxylic acids is 1. The molecule has 0 saturated carbocycles. The summed E-state index contributed by atoms with van der Waals surface area (Å²) >= 11 is 0. The van der Waals surface area contributed by atoms with Crippen LogP contribution in [0.15, 0.2) is 30.3 Å². The molecule has 0 radical (unpaired) electrons. The van der Waals surface area contributed by atoms with Gasteiger partial charge in [-0.25, -0.2) is 0 Å². The van der Waals surface area contributed by atoms with Gasteiger partial charge in [-0.3, -0.25) is 9.69 Å². The Morgan fingerprint density at radius 2 is 1.95 bits per heavy atom. The fourth-order valence-electron chi connectivity index (χ4n) is 3.29. The molecule has 3 unspecified atom stereocenters. The Kier molecular flexibility index (Phi) is 3.76. The molecule has 1 aromatic carbocycles. The van der Waals surface area contributed by atoms with Crippen molar-refractivity contribution in [1.82, 2.24) is 4.90 Å². The maximum absolute atomic E-state index is 12.1. The molecule has 2 aliphatic heterocycles. The highest BCUT2D eigenvalue weighted by Gasteiger charge is 2.51. The molecule has 0 aromatic heterocycles. The zero-order chi connectivity index (χ0) is 14.1. The quantitative estimate of drug-likeness (QED) is 0.795. The molecule has 0 N–H and O–H groups in total. The van der Waals surface area contributed by atoms with Gasteiger partial charge in [0.1, 0.15) is 18.9 Å². The summed E-state index contributed by atoms with van der Waals surface area (Å²) in [5, 5.41) is 0. The molecule has 0 amide bonds. The van der Waals surface area contributed by atoms with Crippen molar-refractivity contribution in [3.05, 3.63) is 35.9 Å². The summed E-state index contributed by atoms with van der Waals surface area (Å²) in [6.07, 6.45) is 1.65. The third-order valence-electron chi connectivity index (χ3n) is 4.26. The summed E-state index contributed by atoms with van der Waals surface area (Å²) in [7, 11) is 0. The second-order valence-corrected chi connectivity index (χ2v) is 5.39. The van der Waals surface area contributed by atoms with Crippen LogP contribution < -0.4 is 0 Å². The van der Waals surface area contributed by atoms with Crippen molar-refractivity contribution >= 4 is 5.97 Å². The first-order valence-electron chi connectivity index (χ1n) is 7.40. The van der Waals surface area contributed by atoms with E-state index in [0.717, 1.165) is 12.8 Å². The lowest BCUT2D eigenvalue weighted by molar-refractivity contribution is -0.163. The Hall–Kier alpha value is -1.39. The average Bonchev–Trinajstić information content (AvgIpc) is 2.88. The van der Waals surface area contributed by atoms with Gasteiger partial charge in [0, 0.05) is 0 Å². The largest absolute Gasteiger partial charge is 0.462 e. The smallest absolute Gasteiger partial charge is 0.326 e. The summed E-state index contributed by atoms with van der Waals surface area (Å²) in [4.78, 5) is 14.4. The minimum atomic E-state index is -0.260. The van der Waals surface area contributed by atoms with Crippen LogP contribution in [-0.4, -0.2) is 35.8 Å². The van der Waals surface area contributed by atoms with Gasteiger partial charge in [0.25, 0.3) is 0 Å². The Balaban J connectivity index is 1.95. The van der Waals surface area contributed by atoms with Crippen molar-refractivity contribution in [3.8, 4) is 0 Å². The molecule has 2 saturated heterocycles. The number of morpholine rings is 1. The Morgan fingerprint density at radius 3 is 2.60 bits per heavy atom. The van der Waals surface area contributed by atoms with Crippen molar-refractivity contribution in [2.24, 2.45) is 0 Å². The number of fused-ring (bicyclic) bond motifs is 1. The van der Waals surface area contributed by atoms with E-state index in [-0.39, 0.29) is 30.4 Å². The second kappa shape index (κ2) is 5.54. The number of ether oxygens (including phenoxy) is 2. The van der Waals surface area contributed by atoms with E-state index < -0.39 is 0 Å². The van der Waals surface area contributed by atoms with Gasteiger partial charge in [0.15, 0.2) is 0 Å². The van der Waals surface area contributed by atoms with Crippen LogP contribution in [0.2, 0.25) is 0 Å². The predicted octanol–water partition coefficient (Wildman–Crippen LogP) is 2.50. The molecule has 4 nitrogen and oxygen atoms in total. The van der Waals surface area contributed by atoms with Crippen molar-refractivity contribution in [2.45, 2.75) is 51.1 Å². The first kappa shape index (κ1) is 13.6. The van der Waals surface area contributed by atoms with Crippen LogP contribution in [0.1, 0.15) is 38.3 Å². The number of carbonyl (C=O) groups is 1.